The van der Waals surface area contributed by atoms with E-state index >= 15 is 0 Å². The van der Waals surface area contributed by atoms with Crippen LogP contribution in [0.4, 0.5) is 0 Å². The van der Waals surface area contributed by atoms with Crippen molar-refractivity contribution in [3.05, 3.63) is 127 Å². The van der Waals surface area contributed by atoms with Crippen LogP contribution in [0, 0.1) is 0 Å². The first kappa shape index (κ1) is 19.7. The van der Waals surface area contributed by atoms with Crippen LogP contribution in [0.5, 0.6) is 11.5 Å². The zero-order valence-electron chi connectivity index (χ0n) is 19.0. The molecule has 35 heavy (non-hydrogen) atoms. The third kappa shape index (κ3) is 3.31. The molecule has 0 saturated carbocycles. The molecule has 1 aliphatic heterocycles. The quantitative estimate of drug-likeness (QED) is 0.270. The molecule has 1 aromatic heterocycles. The first-order valence-corrected chi connectivity index (χ1v) is 11.8. The summed E-state index contributed by atoms with van der Waals surface area (Å²) in [6, 6.07) is 44.2. The van der Waals surface area contributed by atoms with Gasteiger partial charge in [0.25, 0.3) is 0 Å². The fraction of sp³-hybridized carbons (Fsp3) is 0. The minimum atomic E-state index is 0.902. The van der Waals surface area contributed by atoms with Gasteiger partial charge in [0.05, 0.1) is 11.4 Å². The lowest BCUT2D eigenvalue weighted by molar-refractivity contribution is 0.487. The van der Waals surface area contributed by atoms with Crippen LogP contribution in [0.3, 0.4) is 0 Å². The summed E-state index contributed by atoms with van der Waals surface area (Å²) >= 11 is 0. The number of fused-ring (bicyclic) bond motifs is 2. The maximum absolute atomic E-state index is 6.31. The van der Waals surface area contributed by atoms with E-state index in [0.717, 1.165) is 50.5 Å². The van der Waals surface area contributed by atoms with E-state index < -0.39 is 0 Å². The highest BCUT2D eigenvalue weighted by Crippen LogP contribution is 2.48. The van der Waals surface area contributed by atoms with Gasteiger partial charge in [-0.3, -0.25) is 0 Å². The highest BCUT2D eigenvalue weighted by Gasteiger charge is 2.21. The van der Waals surface area contributed by atoms with Gasteiger partial charge in [-0.1, -0.05) is 103 Å². The third-order valence-corrected chi connectivity index (χ3v) is 6.68. The van der Waals surface area contributed by atoms with Crippen molar-refractivity contribution in [3.63, 3.8) is 0 Å². The van der Waals surface area contributed by atoms with Crippen LogP contribution in [0.1, 0.15) is 0 Å². The van der Waals surface area contributed by atoms with Gasteiger partial charge in [0.15, 0.2) is 0 Å². The van der Waals surface area contributed by atoms with Crippen molar-refractivity contribution in [2.45, 2.75) is 0 Å². The van der Waals surface area contributed by atoms with Crippen LogP contribution < -0.4 is 4.74 Å². The molecule has 6 aromatic rings. The summed E-state index contributed by atoms with van der Waals surface area (Å²) in [5.74, 6) is 1.81. The van der Waals surface area contributed by atoms with Gasteiger partial charge in [0.1, 0.15) is 11.5 Å². The lowest BCUT2D eigenvalue weighted by atomic mass is 9.90. The normalized spacial score (nSPS) is 11.7. The SMILES string of the molecule is c1ccc(-c2cc(-c3ccc4c5c(cccc35)-c3ccccc3O4)cc(-c3ccccc3)n2)cc1. The summed E-state index contributed by atoms with van der Waals surface area (Å²) in [6.45, 7) is 0. The minimum absolute atomic E-state index is 0.902. The number of nitrogens with zero attached hydrogens (tertiary/aromatic N) is 1. The Hall–Kier alpha value is -4.69. The molecule has 164 valence electrons. The smallest absolute Gasteiger partial charge is 0.135 e. The Balaban J connectivity index is 1.49. The van der Waals surface area contributed by atoms with Gasteiger partial charge in [-0.15, -0.1) is 0 Å². The molecule has 2 heteroatoms. The van der Waals surface area contributed by atoms with E-state index in [9.17, 15) is 0 Å². The number of ether oxygens (including phenoxy) is 1. The van der Waals surface area contributed by atoms with Crippen LogP contribution in [0.25, 0.3) is 55.5 Å². The molecule has 0 radical (unpaired) electrons. The van der Waals surface area contributed by atoms with Crippen molar-refractivity contribution in [3.8, 4) is 56.3 Å². The molecule has 0 bridgehead atoms. The van der Waals surface area contributed by atoms with Crippen LogP contribution >= 0.6 is 0 Å². The van der Waals surface area contributed by atoms with Gasteiger partial charge in [-0.2, -0.15) is 0 Å². The third-order valence-electron chi connectivity index (χ3n) is 6.68. The first-order chi connectivity index (χ1) is 17.3. The lowest BCUT2D eigenvalue weighted by Crippen LogP contribution is -1.98. The zero-order chi connectivity index (χ0) is 23.2. The summed E-state index contributed by atoms with van der Waals surface area (Å²) in [4.78, 5) is 5.05. The van der Waals surface area contributed by atoms with Gasteiger partial charge in [0.2, 0.25) is 0 Å². The highest BCUT2D eigenvalue weighted by atomic mass is 16.5. The van der Waals surface area contributed by atoms with E-state index in [2.05, 4.69) is 103 Å². The minimum Gasteiger partial charge on any atom is -0.456 e. The molecule has 0 saturated heterocycles. The Morgan fingerprint density at radius 2 is 1.06 bits per heavy atom. The van der Waals surface area contributed by atoms with Crippen LogP contribution in [0.15, 0.2) is 127 Å². The van der Waals surface area contributed by atoms with Crippen LogP contribution in [-0.2, 0) is 0 Å². The summed E-state index contributed by atoms with van der Waals surface area (Å²) < 4.78 is 6.31. The molecular formula is C33H21NO. The number of rotatable bonds is 3. The number of benzene rings is 5. The summed E-state index contributed by atoms with van der Waals surface area (Å²) in [7, 11) is 0. The maximum atomic E-state index is 6.31. The van der Waals surface area contributed by atoms with E-state index in [1.165, 1.54) is 16.5 Å². The summed E-state index contributed by atoms with van der Waals surface area (Å²) in [5, 5.41) is 2.33. The maximum Gasteiger partial charge on any atom is 0.135 e. The Labute approximate surface area is 204 Å². The number of aromatic nitrogens is 1. The van der Waals surface area contributed by atoms with Crippen molar-refractivity contribution < 1.29 is 4.74 Å². The molecule has 0 atom stereocenters. The average Bonchev–Trinajstić information content (AvgIpc) is 2.94. The van der Waals surface area contributed by atoms with Gasteiger partial charge in [-0.05, 0) is 46.3 Å². The molecule has 0 aliphatic carbocycles. The Bertz CT molecular complexity index is 1650. The van der Waals surface area contributed by atoms with Crippen LogP contribution in [0.2, 0.25) is 0 Å². The first-order valence-electron chi connectivity index (χ1n) is 11.8. The Morgan fingerprint density at radius 3 is 1.77 bits per heavy atom. The summed E-state index contributed by atoms with van der Waals surface area (Å²) in [6.07, 6.45) is 0. The molecule has 0 N–H and O–H groups in total. The predicted molar refractivity (Wildman–Crippen MR) is 144 cm³/mol. The van der Waals surface area contributed by atoms with Gasteiger partial charge in [-0.25, -0.2) is 4.98 Å². The molecule has 2 nitrogen and oxygen atoms in total. The van der Waals surface area contributed by atoms with E-state index in [4.69, 9.17) is 9.72 Å². The predicted octanol–water partition coefficient (Wildman–Crippen LogP) is 9.01. The van der Waals surface area contributed by atoms with Gasteiger partial charge in [0, 0.05) is 22.1 Å². The number of hydrogen-bond acceptors (Lipinski definition) is 2. The molecule has 1 aliphatic rings. The second-order valence-corrected chi connectivity index (χ2v) is 8.80. The molecule has 0 unspecified atom stereocenters. The number of para-hydroxylation sites is 1. The van der Waals surface area contributed by atoms with Crippen LogP contribution in [-0.4, -0.2) is 4.98 Å². The molecule has 0 spiro atoms. The zero-order valence-corrected chi connectivity index (χ0v) is 19.0. The summed E-state index contributed by atoms with van der Waals surface area (Å²) in [5.41, 5.74) is 8.78. The van der Waals surface area contributed by atoms with Gasteiger partial charge < -0.3 is 4.74 Å². The fourth-order valence-electron chi connectivity index (χ4n) is 5.03. The van der Waals surface area contributed by atoms with Crippen molar-refractivity contribution in [2.75, 3.05) is 0 Å². The molecular weight excluding hydrogens is 426 g/mol. The van der Waals surface area contributed by atoms with Crippen molar-refractivity contribution >= 4 is 10.8 Å². The largest absolute Gasteiger partial charge is 0.456 e. The molecule has 0 amide bonds. The Kier molecular flexibility index (Phi) is 4.49. The lowest BCUT2D eigenvalue weighted by Gasteiger charge is -2.22. The second-order valence-electron chi connectivity index (χ2n) is 8.80. The topological polar surface area (TPSA) is 22.1 Å². The van der Waals surface area contributed by atoms with Crippen molar-refractivity contribution in [1.29, 1.82) is 0 Å². The van der Waals surface area contributed by atoms with Gasteiger partial charge >= 0.3 is 0 Å². The number of hydrogen-bond donors (Lipinski definition) is 0. The van der Waals surface area contributed by atoms with E-state index in [1.54, 1.807) is 0 Å². The van der Waals surface area contributed by atoms with E-state index in [1.807, 2.05) is 24.3 Å². The monoisotopic (exact) mass is 447 g/mol. The highest BCUT2D eigenvalue weighted by molar-refractivity contribution is 6.10. The van der Waals surface area contributed by atoms with Crippen molar-refractivity contribution in [2.24, 2.45) is 0 Å². The molecule has 2 heterocycles. The van der Waals surface area contributed by atoms with E-state index in [-0.39, 0.29) is 0 Å². The van der Waals surface area contributed by atoms with Crippen molar-refractivity contribution in [1.82, 2.24) is 4.98 Å². The number of pyridine rings is 1. The second kappa shape index (κ2) is 7.96. The molecule has 0 fully saturated rings. The molecule has 7 rings (SSSR count). The Morgan fingerprint density at radius 1 is 0.429 bits per heavy atom. The van der Waals surface area contributed by atoms with E-state index in [0.29, 0.717) is 0 Å². The standard InChI is InChI=1S/C33H21NO/c1-3-10-22(11-4-1)29-20-24(21-30(34-29)23-12-5-2-6-13-23)25-18-19-32-33-27(25)15-9-16-28(33)26-14-7-8-17-31(26)35-32/h1-21H. The average molecular weight is 448 g/mol. The molecule has 5 aromatic carbocycles. The fourth-order valence-corrected chi connectivity index (χ4v) is 5.03.